The topological polar surface area (TPSA) is 124 Å². The lowest BCUT2D eigenvalue weighted by Gasteiger charge is -2.12. The minimum atomic E-state index is 0.240. The molecule has 0 bridgehead atoms. The van der Waals surface area contributed by atoms with Crippen LogP contribution in [0, 0.1) is 11.8 Å². The SMILES string of the molecule is COc1cc(N)c(Cl)nc1OCCCC(C)C.COc1cc(N)c(OC)nc1OCCCC(C)C. The molecule has 9 nitrogen and oxygen atoms in total. The van der Waals surface area contributed by atoms with Crippen molar-refractivity contribution in [1.82, 2.24) is 9.97 Å². The molecule has 4 N–H and O–H groups in total. The zero-order chi connectivity index (χ0) is 26.4. The molecule has 35 heavy (non-hydrogen) atoms. The smallest absolute Gasteiger partial charge is 0.260 e. The molecule has 0 atom stereocenters. The highest BCUT2D eigenvalue weighted by Gasteiger charge is 2.13. The van der Waals surface area contributed by atoms with E-state index in [0.717, 1.165) is 25.7 Å². The van der Waals surface area contributed by atoms with Crippen LogP contribution in [-0.2, 0) is 0 Å². The Labute approximate surface area is 214 Å². The lowest BCUT2D eigenvalue weighted by Crippen LogP contribution is -2.05. The van der Waals surface area contributed by atoms with Crippen LogP contribution in [0.25, 0.3) is 0 Å². The Balaban J connectivity index is 0.000000351. The molecule has 0 saturated heterocycles. The number of pyridine rings is 2. The van der Waals surface area contributed by atoms with Crippen molar-refractivity contribution in [2.24, 2.45) is 11.8 Å². The molecule has 198 valence electrons. The average Bonchev–Trinajstić information content (AvgIpc) is 2.82. The molecule has 2 aromatic heterocycles. The van der Waals surface area contributed by atoms with Gasteiger partial charge in [-0.1, -0.05) is 39.3 Å². The fraction of sp³-hybridized carbons (Fsp3) is 0.600. The number of aromatic nitrogens is 2. The largest absolute Gasteiger partial charge is 0.491 e. The predicted octanol–water partition coefficient (Wildman–Crippen LogP) is 5.64. The molecule has 0 aliphatic rings. The number of nitrogens with two attached hydrogens (primary N) is 2. The van der Waals surface area contributed by atoms with E-state index in [0.29, 0.717) is 65.6 Å². The summed E-state index contributed by atoms with van der Waals surface area (Å²) in [5.74, 6) is 3.56. The summed E-state index contributed by atoms with van der Waals surface area (Å²) in [6.45, 7) is 9.93. The van der Waals surface area contributed by atoms with E-state index in [4.69, 9.17) is 46.8 Å². The lowest BCUT2D eigenvalue weighted by molar-refractivity contribution is 0.264. The third-order valence-corrected chi connectivity index (χ3v) is 5.15. The lowest BCUT2D eigenvalue weighted by atomic mass is 10.1. The molecule has 0 aliphatic carbocycles. The Hall–Kier alpha value is -2.81. The fourth-order valence-corrected chi connectivity index (χ4v) is 3.06. The van der Waals surface area contributed by atoms with Crippen LogP contribution in [0.5, 0.6) is 29.1 Å². The number of methoxy groups -OCH3 is 3. The van der Waals surface area contributed by atoms with Gasteiger partial charge < -0.3 is 35.2 Å². The van der Waals surface area contributed by atoms with Crippen LogP contribution in [0.15, 0.2) is 12.1 Å². The zero-order valence-corrected chi connectivity index (χ0v) is 22.8. The summed E-state index contributed by atoms with van der Waals surface area (Å²) < 4.78 is 26.5. The Morgan fingerprint density at radius 2 is 1.17 bits per heavy atom. The van der Waals surface area contributed by atoms with Gasteiger partial charge in [-0.2, -0.15) is 9.97 Å². The highest BCUT2D eigenvalue weighted by atomic mass is 35.5. The van der Waals surface area contributed by atoms with Gasteiger partial charge in [0.05, 0.1) is 45.9 Å². The number of hydrogen-bond acceptors (Lipinski definition) is 9. The summed E-state index contributed by atoms with van der Waals surface area (Å²) in [6, 6.07) is 3.27. The zero-order valence-electron chi connectivity index (χ0n) is 22.0. The number of nitrogen functional groups attached to an aromatic ring is 2. The van der Waals surface area contributed by atoms with E-state index in [1.54, 1.807) is 26.4 Å². The van der Waals surface area contributed by atoms with Crippen molar-refractivity contribution >= 4 is 23.0 Å². The summed E-state index contributed by atoms with van der Waals surface area (Å²) in [7, 11) is 4.63. The second-order valence-corrected chi connectivity index (χ2v) is 9.10. The number of rotatable bonds is 13. The van der Waals surface area contributed by atoms with E-state index < -0.39 is 0 Å². The monoisotopic (exact) mass is 512 g/mol. The number of nitrogens with zero attached hydrogens (tertiary/aromatic N) is 2. The Morgan fingerprint density at radius 3 is 1.60 bits per heavy atom. The van der Waals surface area contributed by atoms with Crippen LogP contribution in [0.2, 0.25) is 5.15 Å². The second-order valence-electron chi connectivity index (χ2n) is 8.74. The van der Waals surface area contributed by atoms with E-state index >= 15 is 0 Å². The van der Waals surface area contributed by atoms with Crippen LogP contribution in [0.3, 0.4) is 0 Å². The molecule has 0 aliphatic heterocycles. The van der Waals surface area contributed by atoms with E-state index in [1.807, 2.05) is 0 Å². The van der Waals surface area contributed by atoms with Crippen molar-refractivity contribution in [3.05, 3.63) is 17.3 Å². The molecule has 0 radical (unpaired) electrons. The summed E-state index contributed by atoms with van der Waals surface area (Å²) in [4.78, 5) is 8.24. The maximum absolute atomic E-state index is 5.83. The van der Waals surface area contributed by atoms with Gasteiger partial charge in [-0.05, 0) is 37.5 Å². The Morgan fingerprint density at radius 1 is 0.714 bits per heavy atom. The molecule has 2 heterocycles. The van der Waals surface area contributed by atoms with E-state index in [2.05, 4.69) is 37.7 Å². The first-order valence-corrected chi connectivity index (χ1v) is 12.1. The third-order valence-electron chi connectivity index (χ3n) is 4.85. The van der Waals surface area contributed by atoms with Crippen molar-refractivity contribution in [3.8, 4) is 29.1 Å². The highest BCUT2D eigenvalue weighted by molar-refractivity contribution is 6.31. The van der Waals surface area contributed by atoms with Gasteiger partial charge in [0, 0.05) is 12.1 Å². The normalized spacial score (nSPS) is 10.6. The van der Waals surface area contributed by atoms with Crippen LogP contribution in [0.1, 0.15) is 53.4 Å². The Kier molecular flexibility index (Phi) is 13.8. The maximum Gasteiger partial charge on any atom is 0.260 e. The number of halogens is 1. The van der Waals surface area contributed by atoms with Crippen molar-refractivity contribution in [2.75, 3.05) is 46.0 Å². The molecular weight excluding hydrogens is 472 g/mol. The molecule has 2 rings (SSSR count). The molecule has 10 heteroatoms. The van der Waals surface area contributed by atoms with Crippen molar-refractivity contribution in [1.29, 1.82) is 0 Å². The first kappa shape index (κ1) is 30.2. The Bertz CT molecular complexity index is 897. The molecule has 0 aromatic carbocycles. The van der Waals surface area contributed by atoms with Gasteiger partial charge in [0.2, 0.25) is 5.88 Å². The van der Waals surface area contributed by atoms with Gasteiger partial charge in [0.25, 0.3) is 11.8 Å². The van der Waals surface area contributed by atoms with Crippen LogP contribution >= 0.6 is 11.6 Å². The highest BCUT2D eigenvalue weighted by Crippen LogP contribution is 2.33. The summed E-state index contributed by atoms with van der Waals surface area (Å²) >= 11 is 5.83. The van der Waals surface area contributed by atoms with Gasteiger partial charge in [-0.3, -0.25) is 0 Å². The van der Waals surface area contributed by atoms with E-state index in [1.165, 1.54) is 7.11 Å². The van der Waals surface area contributed by atoms with Gasteiger partial charge in [-0.15, -0.1) is 0 Å². The van der Waals surface area contributed by atoms with Gasteiger partial charge in [0.1, 0.15) is 0 Å². The quantitative estimate of drug-likeness (QED) is 0.259. The maximum atomic E-state index is 5.83. The van der Waals surface area contributed by atoms with Gasteiger partial charge >= 0.3 is 0 Å². The number of ether oxygens (including phenoxy) is 5. The fourth-order valence-electron chi connectivity index (χ4n) is 2.93. The third kappa shape index (κ3) is 11.0. The molecular formula is C25H41ClN4O5. The molecule has 0 unspecified atom stereocenters. The van der Waals surface area contributed by atoms with Crippen LogP contribution < -0.4 is 35.2 Å². The number of anilines is 2. The van der Waals surface area contributed by atoms with Crippen LogP contribution in [0.4, 0.5) is 11.4 Å². The molecule has 0 saturated carbocycles. The van der Waals surface area contributed by atoms with Crippen LogP contribution in [-0.4, -0.2) is 44.5 Å². The van der Waals surface area contributed by atoms with E-state index in [9.17, 15) is 0 Å². The first-order valence-electron chi connectivity index (χ1n) is 11.8. The van der Waals surface area contributed by atoms with Gasteiger partial charge in [0.15, 0.2) is 16.7 Å². The minimum absolute atomic E-state index is 0.240. The summed E-state index contributed by atoms with van der Waals surface area (Å²) in [5, 5.41) is 0.240. The first-order chi connectivity index (χ1) is 16.6. The van der Waals surface area contributed by atoms with E-state index in [-0.39, 0.29) is 5.15 Å². The predicted molar refractivity (Wildman–Crippen MR) is 141 cm³/mol. The van der Waals surface area contributed by atoms with Gasteiger partial charge in [-0.25, -0.2) is 0 Å². The summed E-state index contributed by atoms with van der Waals surface area (Å²) in [5.41, 5.74) is 12.2. The van der Waals surface area contributed by atoms with Crippen molar-refractivity contribution in [3.63, 3.8) is 0 Å². The average molecular weight is 513 g/mol. The molecule has 2 aromatic rings. The number of hydrogen-bond donors (Lipinski definition) is 2. The molecule has 0 fully saturated rings. The summed E-state index contributed by atoms with van der Waals surface area (Å²) in [6.07, 6.45) is 4.19. The molecule has 0 amide bonds. The standard InChI is InChI=1S/C13H22N2O3.C12H19ClN2O2/c1-9(2)6-5-7-18-13-11(16-3)8-10(14)12(15-13)17-4;1-8(2)5-4-6-17-12-10(16-3)7-9(14)11(13)15-12/h8-9H,5-7,14H2,1-4H3;7-8H,4-6,14H2,1-3H3. The second kappa shape index (κ2) is 16.0. The van der Waals surface area contributed by atoms with Crippen molar-refractivity contribution < 1.29 is 23.7 Å². The molecule has 0 spiro atoms. The van der Waals surface area contributed by atoms with Crippen molar-refractivity contribution in [2.45, 2.75) is 53.4 Å². The minimum Gasteiger partial charge on any atom is -0.491 e.